The van der Waals surface area contributed by atoms with Crippen LogP contribution >= 0.6 is 0 Å². The molecule has 1 spiro atoms. The highest BCUT2D eigenvalue weighted by Gasteiger charge is 2.55. The van der Waals surface area contributed by atoms with E-state index in [1.54, 1.807) is 30.5 Å². The largest absolute Gasteiger partial charge is 0.453 e. The Labute approximate surface area is 311 Å². The van der Waals surface area contributed by atoms with Crippen LogP contribution in [-0.2, 0) is 15.5 Å². The lowest BCUT2D eigenvalue weighted by molar-refractivity contribution is -0.135. The number of methoxy groups -OCH3 is 1. The number of imidazole rings is 2. The lowest BCUT2D eigenvalue weighted by atomic mass is 9.98. The fourth-order valence-electron chi connectivity index (χ4n) is 9.69. The molecule has 2 saturated heterocycles. The van der Waals surface area contributed by atoms with Crippen molar-refractivity contribution >= 4 is 23.0 Å². The molecule has 2 aliphatic heterocycles. The molecule has 12 heteroatoms. The molecule has 54 heavy (non-hydrogen) atoms. The summed E-state index contributed by atoms with van der Waals surface area (Å²) < 4.78 is 37.7. The number of H-pyrrole nitrogens is 2. The van der Waals surface area contributed by atoms with Gasteiger partial charge in [0.2, 0.25) is 5.91 Å². The molecular weight excluding hydrogens is 689 g/mol. The summed E-state index contributed by atoms with van der Waals surface area (Å²) in [5.41, 5.74) is 5.58. The van der Waals surface area contributed by atoms with Crippen LogP contribution in [0.2, 0.25) is 0 Å². The molecule has 2 saturated carbocycles. The molecule has 10 rings (SSSR count). The van der Waals surface area contributed by atoms with E-state index in [2.05, 4.69) is 20.6 Å². The number of aromatic nitrogens is 4. The number of benzene rings is 3. The normalized spacial score (nSPS) is 24.7. The molecule has 4 heterocycles. The number of rotatable bonds is 7. The number of likely N-dealkylation sites (tertiary alicyclic amines) is 1. The fraction of sp³-hybridized carbons (Fsp3) is 0.429. The first-order valence-electron chi connectivity index (χ1n) is 19.1. The van der Waals surface area contributed by atoms with Crippen LogP contribution in [-0.4, -0.2) is 62.6 Å². The minimum atomic E-state index is -3.20. The van der Waals surface area contributed by atoms with Gasteiger partial charge in [-0.25, -0.2) is 14.8 Å². The molecule has 5 aromatic rings. The first kappa shape index (κ1) is 33.5. The smallest absolute Gasteiger partial charge is 0.407 e. The van der Waals surface area contributed by atoms with Crippen LogP contribution in [0.5, 0.6) is 0 Å². The number of hydrogen-bond donors (Lipinski definition) is 4. The number of nitrogens with one attached hydrogen (secondary N) is 4. The summed E-state index contributed by atoms with van der Waals surface area (Å²) in [6.07, 6.45) is 7.46. The lowest BCUT2D eigenvalue weighted by Gasteiger charge is -2.30. The van der Waals surface area contributed by atoms with Crippen LogP contribution < -0.4 is 10.6 Å². The minimum Gasteiger partial charge on any atom is -0.453 e. The van der Waals surface area contributed by atoms with Gasteiger partial charge in [0.25, 0.3) is 5.92 Å². The molecule has 2 aromatic heterocycles. The third-order valence-electron chi connectivity index (χ3n) is 12.9. The summed E-state index contributed by atoms with van der Waals surface area (Å²) in [5, 5.41) is 6.41. The van der Waals surface area contributed by atoms with Gasteiger partial charge in [0.1, 0.15) is 17.7 Å². The Kier molecular flexibility index (Phi) is 7.41. The van der Waals surface area contributed by atoms with Gasteiger partial charge >= 0.3 is 6.09 Å². The number of hydrogen-bond acceptors (Lipinski definition) is 6. The van der Waals surface area contributed by atoms with Crippen LogP contribution in [0.4, 0.5) is 13.6 Å². The first-order valence-corrected chi connectivity index (χ1v) is 19.1. The number of carbonyl (C=O) groups excluding carboxylic acids is 2. The summed E-state index contributed by atoms with van der Waals surface area (Å²) in [5.74, 6) is -1.37. The highest BCUT2D eigenvalue weighted by molar-refractivity contribution is 5.88. The average molecular weight is 732 g/mol. The van der Waals surface area contributed by atoms with Gasteiger partial charge < -0.3 is 30.2 Å². The molecule has 278 valence electrons. The number of nitrogens with zero attached hydrogens (tertiary/aromatic N) is 3. The quantitative estimate of drug-likeness (QED) is 0.134. The third kappa shape index (κ3) is 5.27. The maximum absolute atomic E-state index is 16.4. The Morgan fingerprint density at radius 2 is 1.67 bits per heavy atom. The van der Waals surface area contributed by atoms with Crippen molar-refractivity contribution in [3.8, 4) is 33.5 Å². The zero-order valence-corrected chi connectivity index (χ0v) is 30.5. The van der Waals surface area contributed by atoms with Crippen molar-refractivity contribution in [3.05, 3.63) is 83.6 Å². The topological polar surface area (TPSA) is 128 Å². The van der Waals surface area contributed by atoms with Crippen LogP contribution in [0, 0.1) is 17.3 Å². The van der Waals surface area contributed by atoms with Crippen molar-refractivity contribution < 1.29 is 23.1 Å². The SMILES string of the molecule is COC(=O)N[C@H](C(=O)N1CC2(CC2)C[C@H]1c1ncc(-c2ccc3c(c2)C(F)(F)c2cc(-c4ccc5nc(C6N[C@@H]7CC[C@H]6C7)[nH]c5c4)ccc2-3)[nH]1)C(C)C. The van der Waals surface area contributed by atoms with Crippen LogP contribution in [0.3, 0.4) is 0 Å². The Morgan fingerprint density at radius 3 is 2.35 bits per heavy atom. The van der Waals surface area contributed by atoms with Crippen molar-refractivity contribution in [3.63, 3.8) is 0 Å². The van der Waals surface area contributed by atoms with E-state index >= 15 is 8.78 Å². The molecule has 2 amide bonds. The Balaban J connectivity index is 0.914. The molecule has 1 unspecified atom stereocenters. The number of amides is 2. The number of alkyl carbamates (subject to hydrolysis) is 1. The summed E-state index contributed by atoms with van der Waals surface area (Å²) in [6.45, 7) is 4.35. The van der Waals surface area contributed by atoms with Crippen molar-refractivity contribution in [1.82, 2.24) is 35.5 Å². The molecule has 5 aliphatic rings. The van der Waals surface area contributed by atoms with E-state index in [4.69, 9.17) is 14.7 Å². The lowest BCUT2D eigenvalue weighted by Crippen LogP contribution is -2.51. The fourth-order valence-corrected chi connectivity index (χ4v) is 9.69. The molecule has 3 aliphatic carbocycles. The maximum Gasteiger partial charge on any atom is 0.407 e. The molecule has 2 bridgehead atoms. The summed E-state index contributed by atoms with van der Waals surface area (Å²) in [6, 6.07) is 16.2. The molecular formula is C42H43F2N7O3. The Morgan fingerprint density at radius 1 is 0.944 bits per heavy atom. The molecule has 5 atom stereocenters. The maximum atomic E-state index is 16.4. The standard InChI is InChI=1S/C42H43F2N7O3/c1-21(2)35(50-40(53)54-3)39(52)51-20-41(12-13-41)18-34(51)37-45-19-33(49-37)24-6-10-28-27-9-5-22(15-29(27)42(43,44)30(28)16-24)23-7-11-31-32(17-23)48-38(47-31)36-25-4-8-26(14-25)46-36/h5-7,9-11,15-17,19,21,25-26,34-36,46H,4,8,12-14,18,20H2,1-3H3,(H,45,49)(H,47,48)(H,50,53)/t25-,26+,34-,35-,36?/m0/s1. The van der Waals surface area contributed by atoms with Gasteiger partial charge in [-0.3, -0.25) is 4.79 Å². The van der Waals surface area contributed by atoms with E-state index in [9.17, 15) is 9.59 Å². The Hall–Kier alpha value is -5.10. The second kappa shape index (κ2) is 11.9. The molecule has 4 fully saturated rings. The second-order valence-corrected chi connectivity index (χ2v) is 16.6. The number of fused-ring (bicyclic) bond motifs is 6. The number of halogens is 2. The van der Waals surface area contributed by atoms with Gasteiger partial charge in [-0.05, 0) is 102 Å². The number of piperidine rings is 1. The number of aromatic amines is 2. The number of carbonyl (C=O) groups is 2. The van der Waals surface area contributed by atoms with Crippen molar-refractivity contribution in [2.45, 2.75) is 82.5 Å². The van der Waals surface area contributed by atoms with Gasteiger partial charge in [-0.1, -0.05) is 44.2 Å². The van der Waals surface area contributed by atoms with Crippen molar-refractivity contribution in [1.29, 1.82) is 0 Å². The predicted molar refractivity (Wildman–Crippen MR) is 199 cm³/mol. The van der Waals surface area contributed by atoms with E-state index in [0.717, 1.165) is 47.2 Å². The van der Waals surface area contributed by atoms with Crippen molar-refractivity contribution in [2.24, 2.45) is 17.3 Å². The van der Waals surface area contributed by atoms with E-state index < -0.39 is 18.1 Å². The first-order chi connectivity index (χ1) is 26.0. The molecule has 4 N–H and O–H groups in total. The predicted octanol–water partition coefficient (Wildman–Crippen LogP) is 7.99. The monoisotopic (exact) mass is 731 g/mol. The zero-order valence-electron chi connectivity index (χ0n) is 30.5. The highest BCUT2D eigenvalue weighted by atomic mass is 19.3. The second-order valence-electron chi connectivity index (χ2n) is 16.6. The third-order valence-corrected chi connectivity index (χ3v) is 12.9. The van der Waals surface area contributed by atoms with E-state index in [-0.39, 0.29) is 40.5 Å². The molecule has 10 nitrogen and oxygen atoms in total. The van der Waals surface area contributed by atoms with Crippen molar-refractivity contribution in [2.75, 3.05) is 13.7 Å². The van der Waals surface area contributed by atoms with Crippen LogP contribution in [0.1, 0.15) is 87.2 Å². The number of ether oxygens (including phenoxy) is 1. The summed E-state index contributed by atoms with van der Waals surface area (Å²) in [4.78, 5) is 44.3. The molecule has 3 aromatic carbocycles. The Bertz CT molecular complexity index is 2340. The summed E-state index contributed by atoms with van der Waals surface area (Å²) >= 11 is 0. The van der Waals surface area contributed by atoms with Crippen LogP contribution in [0.15, 0.2) is 60.8 Å². The zero-order chi connectivity index (χ0) is 37.1. The van der Waals surface area contributed by atoms with Crippen LogP contribution in [0.25, 0.3) is 44.5 Å². The van der Waals surface area contributed by atoms with Gasteiger partial charge in [0.15, 0.2) is 0 Å². The average Bonchev–Trinajstić information content (AvgIpc) is 3.83. The van der Waals surface area contributed by atoms with Gasteiger partial charge in [-0.2, -0.15) is 8.78 Å². The highest BCUT2D eigenvalue weighted by Crippen LogP contribution is 2.59. The van der Waals surface area contributed by atoms with E-state index in [1.165, 1.54) is 26.4 Å². The van der Waals surface area contributed by atoms with E-state index in [0.29, 0.717) is 46.7 Å². The molecule has 0 radical (unpaired) electrons. The van der Waals surface area contributed by atoms with Gasteiger partial charge in [0.05, 0.1) is 42.1 Å². The van der Waals surface area contributed by atoms with E-state index in [1.807, 2.05) is 49.1 Å². The van der Waals surface area contributed by atoms with Gasteiger partial charge in [0, 0.05) is 29.3 Å². The number of alkyl halides is 2. The van der Waals surface area contributed by atoms with Gasteiger partial charge in [-0.15, -0.1) is 0 Å². The summed E-state index contributed by atoms with van der Waals surface area (Å²) in [7, 11) is 1.28. The minimum absolute atomic E-state index is 0.0101.